The van der Waals surface area contributed by atoms with Crippen molar-refractivity contribution in [2.24, 2.45) is 5.92 Å². The number of benzene rings is 2. The summed E-state index contributed by atoms with van der Waals surface area (Å²) in [7, 11) is 3.00. The molecule has 1 saturated heterocycles. The van der Waals surface area contributed by atoms with Crippen molar-refractivity contribution in [2.45, 2.75) is 6.42 Å². The highest BCUT2D eigenvalue weighted by molar-refractivity contribution is 6.36. The summed E-state index contributed by atoms with van der Waals surface area (Å²) < 4.78 is 15.6. The number of carbonyl (C=O) groups excluding carboxylic acids is 3. The van der Waals surface area contributed by atoms with Gasteiger partial charge in [-0.2, -0.15) is 0 Å². The maximum absolute atomic E-state index is 12.5. The van der Waals surface area contributed by atoms with Crippen molar-refractivity contribution in [1.29, 1.82) is 0 Å². The van der Waals surface area contributed by atoms with Gasteiger partial charge in [-0.05, 0) is 30.3 Å². The Balaban J connectivity index is 1.60. The number of carbonyl (C=O) groups is 3. The van der Waals surface area contributed by atoms with Crippen LogP contribution in [0.4, 0.5) is 11.4 Å². The molecule has 1 atom stereocenters. The molecule has 0 aliphatic carbocycles. The SMILES string of the molecule is COc1ccc(OC)c(N2C[C@H](C(=O)OCC(=O)Nc3ccc(Cl)cc3Cl)CC2=O)c1. The number of hydrogen-bond acceptors (Lipinski definition) is 6. The Morgan fingerprint density at radius 3 is 2.58 bits per heavy atom. The second-order valence-corrected chi connectivity index (χ2v) is 7.57. The van der Waals surface area contributed by atoms with Crippen LogP contribution in [0.15, 0.2) is 36.4 Å². The topological polar surface area (TPSA) is 94.2 Å². The predicted molar refractivity (Wildman–Crippen MR) is 116 cm³/mol. The fourth-order valence-electron chi connectivity index (χ4n) is 3.14. The molecule has 1 fully saturated rings. The fraction of sp³-hybridized carbons (Fsp3) is 0.286. The molecule has 31 heavy (non-hydrogen) atoms. The lowest BCUT2D eigenvalue weighted by Crippen LogP contribution is -2.28. The minimum Gasteiger partial charge on any atom is -0.497 e. The third kappa shape index (κ3) is 5.39. The zero-order valence-corrected chi connectivity index (χ0v) is 18.3. The summed E-state index contributed by atoms with van der Waals surface area (Å²) in [5.74, 6) is -1.15. The molecular weight excluding hydrogens is 447 g/mol. The van der Waals surface area contributed by atoms with Gasteiger partial charge in [0.2, 0.25) is 5.91 Å². The van der Waals surface area contributed by atoms with Crippen molar-refractivity contribution < 1.29 is 28.6 Å². The monoisotopic (exact) mass is 466 g/mol. The van der Waals surface area contributed by atoms with Gasteiger partial charge in [-0.25, -0.2) is 0 Å². The number of methoxy groups -OCH3 is 2. The van der Waals surface area contributed by atoms with Crippen LogP contribution >= 0.6 is 23.2 Å². The van der Waals surface area contributed by atoms with Crippen LogP contribution in [-0.2, 0) is 19.1 Å². The quantitative estimate of drug-likeness (QED) is 0.627. The lowest BCUT2D eigenvalue weighted by atomic mass is 10.1. The van der Waals surface area contributed by atoms with Gasteiger partial charge < -0.3 is 24.4 Å². The van der Waals surface area contributed by atoms with Gasteiger partial charge in [-0.3, -0.25) is 14.4 Å². The Hall–Kier alpha value is -2.97. The minimum absolute atomic E-state index is 0.0379. The summed E-state index contributed by atoms with van der Waals surface area (Å²) in [6, 6.07) is 9.64. The minimum atomic E-state index is -0.713. The molecular formula is C21H20Cl2N2O6. The summed E-state index contributed by atoms with van der Waals surface area (Å²) in [6.45, 7) is -0.406. The highest BCUT2D eigenvalue weighted by Gasteiger charge is 2.37. The van der Waals surface area contributed by atoms with Crippen molar-refractivity contribution in [3.8, 4) is 11.5 Å². The molecule has 0 bridgehead atoms. The standard InChI is InChI=1S/C21H20Cl2N2O6/c1-29-14-4-6-18(30-2)17(9-14)25-10-12(7-20(25)27)21(28)31-11-19(26)24-16-5-3-13(22)8-15(16)23/h3-6,8-9,12H,7,10-11H2,1-2H3,(H,24,26)/t12-/m1/s1. The first-order chi connectivity index (χ1) is 14.8. The lowest BCUT2D eigenvalue weighted by Gasteiger charge is -2.20. The predicted octanol–water partition coefficient (Wildman–Crippen LogP) is 3.55. The second-order valence-electron chi connectivity index (χ2n) is 6.72. The van der Waals surface area contributed by atoms with E-state index in [-0.39, 0.29) is 23.9 Å². The first-order valence-corrected chi connectivity index (χ1v) is 10.0. The van der Waals surface area contributed by atoms with Crippen molar-refractivity contribution in [1.82, 2.24) is 0 Å². The highest BCUT2D eigenvalue weighted by atomic mass is 35.5. The molecule has 1 aliphatic heterocycles. The molecule has 3 rings (SSSR count). The number of amides is 2. The number of anilines is 2. The van der Waals surface area contributed by atoms with Crippen LogP contribution in [0.1, 0.15) is 6.42 Å². The number of nitrogens with one attached hydrogen (secondary N) is 1. The van der Waals surface area contributed by atoms with Crippen molar-refractivity contribution in [3.63, 3.8) is 0 Å². The van der Waals surface area contributed by atoms with Crippen LogP contribution in [0.5, 0.6) is 11.5 Å². The summed E-state index contributed by atoms with van der Waals surface area (Å²) in [4.78, 5) is 38.5. The van der Waals surface area contributed by atoms with Gasteiger partial charge in [-0.15, -0.1) is 0 Å². The van der Waals surface area contributed by atoms with Crippen molar-refractivity contribution >= 4 is 52.4 Å². The fourth-order valence-corrected chi connectivity index (χ4v) is 3.59. The van der Waals surface area contributed by atoms with Gasteiger partial charge in [0.15, 0.2) is 6.61 Å². The van der Waals surface area contributed by atoms with E-state index in [1.165, 1.54) is 25.2 Å². The number of hydrogen-bond donors (Lipinski definition) is 1. The van der Waals surface area contributed by atoms with Crippen LogP contribution in [-0.4, -0.2) is 45.2 Å². The van der Waals surface area contributed by atoms with Gasteiger partial charge in [-0.1, -0.05) is 23.2 Å². The Morgan fingerprint density at radius 2 is 1.90 bits per heavy atom. The molecule has 0 unspecified atom stereocenters. The third-order valence-corrected chi connectivity index (χ3v) is 5.23. The van der Waals surface area contributed by atoms with Crippen LogP contribution in [0.3, 0.4) is 0 Å². The average molecular weight is 467 g/mol. The third-order valence-electron chi connectivity index (χ3n) is 4.69. The summed E-state index contributed by atoms with van der Waals surface area (Å²) in [5.41, 5.74) is 0.844. The number of halogens is 2. The Morgan fingerprint density at radius 1 is 1.13 bits per heavy atom. The molecule has 10 heteroatoms. The molecule has 0 aromatic heterocycles. The average Bonchev–Trinajstić information content (AvgIpc) is 3.15. The van der Waals surface area contributed by atoms with Crippen molar-refractivity contribution in [3.05, 3.63) is 46.4 Å². The van der Waals surface area contributed by atoms with E-state index in [9.17, 15) is 14.4 Å². The van der Waals surface area contributed by atoms with Crippen LogP contribution < -0.4 is 19.7 Å². The van der Waals surface area contributed by atoms with Gasteiger partial charge in [0.25, 0.3) is 5.91 Å². The molecule has 1 N–H and O–H groups in total. The zero-order valence-electron chi connectivity index (χ0n) is 16.8. The van der Waals surface area contributed by atoms with E-state index in [2.05, 4.69) is 5.32 Å². The molecule has 164 valence electrons. The van der Waals surface area contributed by atoms with Gasteiger partial charge in [0.05, 0.1) is 36.5 Å². The van der Waals surface area contributed by atoms with Crippen LogP contribution in [0.2, 0.25) is 10.0 Å². The normalized spacial score (nSPS) is 15.5. The molecule has 2 amide bonds. The zero-order chi connectivity index (χ0) is 22.5. The van der Waals surface area contributed by atoms with E-state index in [4.69, 9.17) is 37.4 Å². The largest absolute Gasteiger partial charge is 0.497 e. The van der Waals surface area contributed by atoms with Crippen LogP contribution in [0, 0.1) is 5.92 Å². The number of rotatable bonds is 7. The lowest BCUT2D eigenvalue weighted by molar-refractivity contribution is -0.151. The van der Waals surface area contributed by atoms with E-state index in [0.29, 0.717) is 27.9 Å². The second kappa shape index (κ2) is 9.89. The molecule has 8 nitrogen and oxygen atoms in total. The van der Waals surface area contributed by atoms with Crippen molar-refractivity contribution in [2.75, 3.05) is 37.6 Å². The first kappa shape index (κ1) is 22.7. The van der Waals surface area contributed by atoms with Gasteiger partial charge in [0.1, 0.15) is 11.5 Å². The van der Waals surface area contributed by atoms with Gasteiger partial charge in [0, 0.05) is 24.1 Å². The number of nitrogens with zero attached hydrogens (tertiary/aromatic N) is 1. The molecule has 0 saturated carbocycles. The smallest absolute Gasteiger partial charge is 0.311 e. The maximum atomic E-state index is 12.5. The van der Waals surface area contributed by atoms with E-state index < -0.39 is 24.4 Å². The molecule has 0 spiro atoms. The number of esters is 1. The Labute approximate surface area is 189 Å². The van der Waals surface area contributed by atoms with E-state index in [1.54, 1.807) is 30.3 Å². The molecule has 2 aromatic carbocycles. The number of ether oxygens (including phenoxy) is 3. The highest BCUT2D eigenvalue weighted by Crippen LogP contribution is 2.36. The molecule has 0 radical (unpaired) electrons. The Bertz CT molecular complexity index is 1010. The molecule has 1 aliphatic rings. The van der Waals surface area contributed by atoms with E-state index >= 15 is 0 Å². The Kier molecular flexibility index (Phi) is 7.25. The van der Waals surface area contributed by atoms with E-state index in [1.807, 2.05) is 0 Å². The first-order valence-electron chi connectivity index (χ1n) is 9.26. The van der Waals surface area contributed by atoms with E-state index in [0.717, 1.165) is 0 Å². The van der Waals surface area contributed by atoms with Crippen LogP contribution in [0.25, 0.3) is 0 Å². The maximum Gasteiger partial charge on any atom is 0.311 e. The van der Waals surface area contributed by atoms with Gasteiger partial charge >= 0.3 is 5.97 Å². The molecule has 1 heterocycles. The summed E-state index contributed by atoms with van der Waals surface area (Å²) in [5, 5.41) is 3.23. The summed E-state index contributed by atoms with van der Waals surface area (Å²) in [6.07, 6.45) is -0.0379. The summed E-state index contributed by atoms with van der Waals surface area (Å²) >= 11 is 11.8. The molecule has 2 aromatic rings.